The number of amides is 2. The number of para-hydroxylation sites is 2. The number of morpholine rings is 1. The van der Waals surface area contributed by atoms with Crippen LogP contribution in [0.4, 0.5) is 5.69 Å². The van der Waals surface area contributed by atoms with Gasteiger partial charge in [-0.15, -0.1) is 0 Å². The summed E-state index contributed by atoms with van der Waals surface area (Å²) >= 11 is 0. The Morgan fingerprint density at radius 1 is 1.03 bits per heavy atom. The van der Waals surface area contributed by atoms with E-state index in [0.717, 1.165) is 0 Å². The molecule has 3 heterocycles. The first-order chi connectivity index (χ1) is 16.1. The number of fused-ring (bicyclic) bond motifs is 2. The minimum absolute atomic E-state index is 0.0489. The summed E-state index contributed by atoms with van der Waals surface area (Å²) in [4.78, 5) is 43.0. The van der Waals surface area contributed by atoms with E-state index in [2.05, 4.69) is 5.10 Å². The van der Waals surface area contributed by atoms with E-state index in [9.17, 15) is 14.4 Å². The third kappa shape index (κ3) is 3.74. The van der Waals surface area contributed by atoms with Crippen LogP contribution in [0, 0.1) is 0 Å². The van der Waals surface area contributed by atoms with Crippen LogP contribution in [0.2, 0.25) is 0 Å². The van der Waals surface area contributed by atoms with Crippen molar-refractivity contribution in [2.24, 2.45) is 0 Å². The van der Waals surface area contributed by atoms with Gasteiger partial charge in [-0.25, -0.2) is 4.68 Å². The van der Waals surface area contributed by atoms with Gasteiger partial charge in [0.15, 0.2) is 11.8 Å². The minimum atomic E-state index is -0.842. The molecule has 5 rings (SSSR count). The number of rotatable bonds is 3. The first kappa shape index (κ1) is 21.1. The predicted octanol–water partition coefficient (Wildman–Crippen LogP) is 1.68. The Kier molecular flexibility index (Phi) is 5.55. The molecule has 1 fully saturated rings. The highest BCUT2D eigenvalue weighted by molar-refractivity contribution is 6.13. The highest BCUT2D eigenvalue weighted by Crippen LogP contribution is 2.35. The zero-order valence-corrected chi connectivity index (χ0v) is 18.3. The van der Waals surface area contributed by atoms with E-state index in [4.69, 9.17) is 9.47 Å². The summed E-state index contributed by atoms with van der Waals surface area (Å²) < 4.78 is 12.7. The van der Waals surface area contributed by atoms with E-state index in [1.165, 1.54) is 9.58 Å². The smallest absolute Gasteiger partial charge is 0.279 e. The summed E-state index contributed by atoms with van der Waals surface area (Å²) in [7, 11) is 0. The summed E-state index contributed by atoms with van der Waals surface area (Å²) in [5, 5.41) is 5.30. The molecule has 1 aromatic heterocycles. The fraction of sp³-hybridized carbons (Fsp3) is 0.333. The summed E-state index contributed by atoms with van der Waals surface area (Å²) in [5.74, 6) is -0.109. The Hall–Kier alpha value is -3.72. The normalized spacial score (nSPS) is 18.0. The molecule has 0 N–H and O–H groups in total. The lowest BCUT2D eigenvalue weighted by atomic mass is 10.1. The Bertz CT molecular complexity index is 1280. The maximum absolute atomic E-state index is 13.8. The number of hydrogen-bond donors (Lipinski definition) is 0. The van der Waals surface area contributed by atoms with Crippen molar-refractivity contribution in [3.63, 3.8) is 0 Å². The molecule has 2 aromatic carbocycles. The molecule has 0 aliphatic carbocycles. The van der Waals surface area contributed by atoms with Crippen molar-refractivity contribution in [2.75, 3.05) is 37.7 Å². The van der Waals surface area contributed by atoms with Crippen LogP contribution in [-0.2, 0) is 16.1 Å². The van der Waals surface area contributed by atoms with Crippen molar-refractivity contribution in [1.29, 1.82) is 0 Å². The molecule has 33 heavy (non-hydrogen) atoms. The monoisotopic (exact) mass is 448 g/mol. The van der Waals surface area contributed by atoms with Crippen molar-refractivity contribution >= 4 is 28.3 Å². The number of benzene rings is 2. The molecule has 2 aliphatic rings. The molecule has 2 aliphatic heterocycles. The van der Waals surface area contributed by atoms with Gasteiger partial charge in [-0.2, -0.15) is 5.10 Å². The van der Waals surface area contributed by atoms with Gasteiger partial charge in [0.1, 0.15) is 5.75 Å². The van der Waals surface area contributed by atoms with E-state index in [-0.39, 0.29) is 29.6 Å². The lowest BCUT2D eigenvalue weighted by Crippen LogP contribution is -2.54. The second-order valence-corrected chi connectivity index (χ2v) is 7.94. The second kappa shape index (κ2) is 8.67. The molecule has 0 saturated carbocycles. The molecule has 1 saturated heterocycles. The van der Waals surface area contributed by atoms with Gasteiger partial charge in [0.05, 0.1) is 30.8 Å². The van der Waals surface area contributed by atoms with Crippen molar-refractivity contribution in [3.05, 3.63) is 64.6 Å². The highest BCUT2D eigenvalue weighted by atomic mass is 16.5. The van der Waals surface area contributed by atoms with Gasteiger partial charge < -0.3 is 14.4 Å². The summed E-state index contributed by atoms with van der Waals surface area (Å²) in [5.41, 5.74) is 0.488. The number of aromatic nitrogens is 2. The summed E-state index contributed by atoms with van der Waals surface area (Å²) in [6.07, 6.45) is -0.842. The van der Waals surface area contributed by atoms with Crippen molar-refractivity contribution in [1.82, 2.24) is 14.7 Å². The zero-order chi connectivity index (χ0) is 22.9. The molecule has 2 amide bonds. The van der Waals surface area contributed by atoms with Crippen molar-refractivity contribution < 1.29 is 19.1 Å². The molecule has 170 valence electrons. The van der Waals surface area contributed by atoms with Crippen molar-refractivity contribution in [3.8, 4) is 5.75 Å². The van der Waals surface area contributed by atoms with Gasteiger partial charge in [0, 0.05) is 25.0 Å². The number of hydrogen-bond acceptors (Lipinski definition) is 6. The molecule has 0 unspecified atom stereocenters. The van der Waals surface area contributed by atoms with Gasteiger partial charge in [-0.1, -0.05) is 30.3 Å². The molecule has 9 heteroatoms. The zero-order valence-electron chi connectivity index (χ0n) is 18.3. The van der Waals surface area contributed by atoms with Gasteiger partial charge >= 0.3 is 0 Å². The Balaban J connectivity index is 1.56. The SMILES string of the molecule is CCn1nc(C(=O)N2C[C@H](C(=O)N3CCOCC3)Oc3ccccc32)c2ccccc2c1=O. The molecule has 0 spiro atoms. The van der Waals surface area contributed by atoms with Gasteiger partial charge in [-0.05, 0) is 25.1 Å². The van der Waals surface area contributed by atoms with E-state index in [0.29, 0.717) is 55.1 Å². The maximum atomic E-state index is 13.8. The van der Waals surface area contributed by atoms with E-state index >= 15 is 0 Å². The first-order valence-electron chi connectivity index (χ1n) is 11.0. The van der Waals surface area contributed by atoms with Gasteiger partial charge in [-0.3, -0.25) is 19.3 Å². The predicted molar refractivity (Wildman–Crippen MR) is 122 cm³/mol. The third-order valence-corrected chi connectivity index (χ3v) is 5.99. The van der Waals surface area contributed by atoms with Gasteiger partial charge in [0.2, 0.25) is 0 Å². The van der Waals surface area contributed by atoms with Crippen LogP contribution in [0.15, 0.2) is 53.3 Å². The van der Waals surface area contributed by atoms with E-state index in [1.54, 1.807) is 54.3 Å². The number of carbonyl (C=O) groups is 2. The highest BCUT2D eigenvalue weighted by Gasteiger charge is 2.37. The number of aryl methyl sites for hydroxylation is 1. The Labute approximate surface area is 190 Å². The average molecular weight is 448 g/mol. The molecule has 3 aromatic rings. The van der Waals surface area contributed by atoms with Crippen LogP contribution < -0.4 is 15.2 Å². The number of carbonyl (C=O) groups excluding carboxylic acids is 2. The number of anilines is 1. The maximum Gasteiger partial charge on any atom is 0.279 e. The number of ether oxygens (including phenoxy) is 2. The van der Waals surface area contributed by atoms with Crippen molar-refractivity contribution in [2.45, 2.75) is 19.6 Å². The quantitative estimate of drug-likeness (QED) is 0.605. The fourth-order valence-corrected chi connectivity index (χ4v) is 4.28. The lowest BCUT2D eigenvalue weighted by Gasteiger charge is -2.37. The standard InChI is InChI=1S/C24H24N4O5/c1-2-28-22(29)17-8-4-3-7-16(17)21(25-28)24(31)27-15-20(23(30)26-11-13-32-14-12-26)33-19-10-6-5-9-18(19)27/h3-10,20H,2,11-15H2,1H3/t20-/m1/s1. The first-order valence-corrected chi connectivity index (χ1v) is 11.0. The Morgan fingerprint density at radius 3 is 2.48 bits per heavy atom. The Morgan fingerprint density at radius 2 is 1.73 bits per heavy atom. The second-order valence-electron chi connectivity index (χ2n) is 7.94. The summed E-state index contributed by atoms with van der Waals surface area (Å²) in [6.45, 7) is 4.12. The van der Waals surface area contributed by atoms with Crippen LogP contribution in [0.5, 0.6) is 5.75 Å². The van der Waals surface area contributed by atoms with Gasteiger partial charge in [0.25, 0.3) is 17.4 Å². The third-order valence-electron chi connectivity index (χ3n) is 5.99. The van der Waals surface area contributed by atoms with Crippen LogP contribution in [-0.4, -0.2) is 65.4 Å². The topological polar surface area (TPSA) is 94.0 Å². The molecule has 1 atom stereocenters. The summed E-state index contributed by atoms with van der Waals surface area (Å²) in [6, 6.07) is 14.1. The molecule has 0 radical (unpaired) electrons. The van der Waals surface area contributed by atoms with Crippen LogP contribution in [0.3, 0.4) is 0 Å². The van der Waals surface area contributed by atoms with Crippen LogP contribution in [0.1, 0.15) is 17.4 Å². The molecule has 9 nitrogen and oxygen atoms in total. The molecule has 0 bridgehead atoms. The molecular formula is C24H24N4O5. The average Bonchev–Trinajstić information content (AvgIpc) is 2.88. The van der Waals surface area contributed by atoms with Crippen LogP contribution >= 0.6 is 0 Å². The van der Waals surface area contributed by atoms with E-state index < -0.39 is 6.10 Å². The van der Waals surface area contributed by atoms with E-state index in [1.807, 2.05) is 6.07 Å². The lowest BCUT2D eigenvalue weighted by molar-refractivity contribution is -0.142. The molecular weight excluding hydrogens is 424 g/mol. The fourth-order valence-electron chi connectivity index (χ4n) is 4.28. The van der Waals surface area contributed by atoms with Crippen LogP contribution in [0.25, 0.3) is 10.8 Å². The minimum Gasteiger partial charge on any atom is -0.476 e. The largest absolute Gasteiger partial charge is 0.476 e. The number of nitrogens with zero attached hydrogens (tertiary/aromatic N) is 4.